The van der Waals surface area contributed by atoms with Gasteiger partial charge in [0.15, 0.2) is 0 Å². The molecule has 0 bridgehead atoms. The number of benzene rings is 1. The Kier molecular flexibility index (Phi) is 7.89. The zero-order valence-corrected chi connectivity index (χ0v) is 18.3. The maximum absolute atomic E-state index is 14.6. The Morgan fingerprint density at radius 2 is 1.94 bits per heavy atom. The largest absolute Gasteiger partial charge is 0.476 e. The summed E-state index contributed by atoms with van der Waals surface area (Å²) >= 11 is 0. The molecule has 1 saturated heterocycles. The van der Waals surface area contributed by atoms with E-state index >= 15 is 0 Å². The van der Waals surface area contributed by atoms with Crippen molar-refractivity contribution in [2.24, 2.45) is 0 Å². The monoisotopic (exact) mass is 450 g/mol. The van der Waals surface area contributed by atoms with E-state index in [9.17, 15) is 9.18 Å². The van der Waals surface area contributed by atoms with Crippen LogP contribution < -0.4 is 15.4 Å². The highest BCUT2D eigenvalue weighted by atomic mass is 19.1. The van der Waals surface area contributed by atoms with E-state index in [1.165, 1.54) is 6.33 Å². The van der Waals surface area contributed by atoms with Gasteiger partial charge in [-0.3, -0.25) is 9.69 Å². The molecular weight excluding hydrogens is 423 g/mol. The topological polar surface area (TPSA) is 92.3 Å². The van der Waals surface area contributed by atoms with Gasteiger partial charge in [-0.25, -0.2) is 9.97 Å². The molecule has 0 aliphatic carbocycles. The number of carbonyl (C=O) groups is 1. The molecule has 8 nitrogen and oxygen atoms in total. The molecule has 1 aliphatic heterocycles. The number of pyridine rings is 1. The van der Waals surface area contributed by atoms with E-state index in [-0.39, 0.29) is 18.2 Å². The number of piperazine rings is 1. The number of hydrogen-bond acceptors (Lipinski definition) is 7. The van der Waals surface area contributed by atoms with Crippen molar-refractivity contribution in [3.05, 3.63) is 72.2 Å². The number of nitrogens with zero attached hydrogens (tertiary/aromatic N) is 4. The van der Waals surface area contributed by atoms with Crippen LogP contribution in [0.5, 0.6) is 5.88 Å². The van der Waals surface area contributed by atoms with Crippen molar-refractivity contribution in [2.75, 3.05) is 39.3 Å². The predicted octanol–water partition coefficient (Wildman–Crippen LogP) is 1.82. The third kappa shape index (κ3) is 6.77. The molecule has 1 aliphatic rings. The average molecular weight is 451 g/mol. The van der Waals surface area contributed by atoms with Gasteiger partial charge in [0.2, 0.25) is 17.7 Å². The molecule has 0 atom stereocenters. The third-order valence-electron chi connectivity index (χ3n) is 5.43. The minimum atomic E-state index is -0.579. The zero-order chi connectivity index (χ0) is 22.9. The lowest BCUT2D eigenvalue weighted by Gasteiger charge is -2.26. The summed E-state index contributed by atoms with van der Waals surface area (Å²) in [5.74, 6) is -0.412. The van der Waals surface area contributed by atoms with Crippen molar-refractivity contribution < 1.29 is 13.9 Å². The van der Waals surface area contributed by atoms with Crippen LogP contribution in [0.1, 0.15) is 11.3 Å². The summed E-state index contributed by atoms with van der Waals surface area (Å²) < 4.78 is 20.2. The first-order chi connectivity index (χ1) is 16.2. The molecule has 1 fully saturated rings. The van der Waals surface area contributed by atoms with Crippen LogP contribution in [0.3, 0.4) is 0 Å². The summed E-state index contributed by atoms with van der Waals surface area (Å²) in [6.07, 6.45) is 3.31. The first-order valence-corrected chi connectivity index (χ1v) is 11.0. The zero-order valence-electron chi connectivity index (χ0n) is 18.3. The van der Waals surface area contributed by atoms with E-state index in [0.717, 1.165) is 44.0 Å². The number of aromatic nitrogens is 3. The van der Waals surface area contributed by atoms with Crippen LogP contribution in [-0.4, -0.2) is 65.1 Å². The normalized spacial score (nSPS) is 14.1. The summed E-state index contributed by atoms with van der Waals surface area (Å²) in [6, 6.07) is 12.3. The quantitative estimate of drug-likeness (QED) is 0.481. The third-order valence-corrected chi connectivity index (χ3v) is 5.43. The van der Waals surface area contributed by atoms with Crippen molar-refractivity contribution in [3.8, 4) is 17.0 Å². The number of nitrogens with one attached hydrogen (secondary N) is 2. The summed E-state index contributed by atoms with van der Waals surface area (Å²) in [6.45, 7) is 5.55. The predicted molar refractivity (Wildman–Crippen MR) is 122 cm³/mol. The van der Waals surface area contributed by atoms with Crippen LogP contribution in [0.15, 0.2) is 55.0 Å². The number of hydrogen-bond donors (Lipinski definition) is 2. The molecule has 0 spiro atoms. The van der Waals surface area contributed by atoms with E-state index in [0.29, 0.717) is 24.3 Å². The molecule has 0 radical (unpaired) electrons. The van der Waals surface area contributed by atoms with E-state index in [2.05, 4.69) is 30.5 Å². The van der Waals surface area contributed by atoms with Gasteiger partial charge in [-0.1, -0.05) is 24.3 Å². The van der Waals surface area contributed by atoms with Crippen LogP contribution in [0.25, 0.3) is 11.1 Å². The van der Waals surface area contributed by atoms with Gasteiger partial charge in [0.05, 0.1) is 18.7 Å². The van der Waals surface area contributed by atoms with Crippen LogP contribution in [0, 0.1) is 5.95 Å². The molecule has 0 saturated carbocycles. The summed E-state index contributed by atoms with van der Waals surface area (Å²) in [5.41, 5.74) is 2.66. The van der Waals surface area contributed by atoms with Crippen molar-refractivity contribution in [3.63, 3.8) is 0 Å². The molecule has 3 aromatic rings. The fourth-order valence-corrected chi connectivity index (χ4v) is 3.59. The Morgan fingerprint density at radius 3 is 2.67 bits per heavy atom. The lowest BCUT2D eigenvalue weighted by atomic mass is 10.0. The van der Waals surface area contributed by atoms with E-state index in [1.807, 2.05) is 12.1 Å². The molecular formula is C24H27FN6O2. The van der Waals surface area contributed by atoms with Crippen LogP contribution >= 0.6 is 0 Å². The van der Waals surface area contributed by atoms with Crippen molar-refractivity contribution in [1.29, 1.82) is 0 Å². The number of carbonyl (C=O) groups excluding carboxylic acids is 1. The Labute approximate surface area is 192 Å². The number of rotatable bonds is 9. The lowest BCUT2D eigenvalue weighted by molar-refractivity contribution is -0.120. The van der Waals surface area contributed by atoms with E-state index in [4.69, 9.17) is 4.74 Å². The van der Waals surface area contributed by atoms with Gasteiger partial charge in [0, 0.05) is 50.6 Å². The molecule has 1 aromatic carbocycles. The summed E-state index contributed by atoms with van der Waals surface area (Å²) in [4.78, 5) is 26.4. The highest BCUT2D eigenvalue weighted by Crippen LogP contribution is 2.24. The average Bonchev–Trinajstić information content (AvgIpc) is 2.85. The van der Waals surface area contributed by atoms with Crippen LogP contribution in [0.2, 0.25) is 0 Å². The second kappa shape index (κ2) is 11.4. The molecule has 3 heterocycles. The van der Waals surface area contributed by atoms with Crippen molar-refractivity contribution in [1.82, 2.24) is 30.5 Å². The molecule has 2 aromatic heterocycles. The second-order valence-electron chi connectivity index (χ2n) is 7.78. The smallest absolute Gasteiger partial charge is 0.224 e. The highest BCUT2D eigenvalue weighted by Gasteiger charge is 2.12. The van der Waals surface area contributed by atoms with Crippen molar-refractivity contribution >= 4 is 5.91 Å². The Bertz CT molecular complexity index is 1040. The summed E-state index contributed by atoms with van der Waals surface area (Å²) in [7, 11) is 0. The van der Waals surface area contributed by atoms with Gasteiger partial charge in [-0.15, -0.1) is 0 Å². The fourth-order valence-electron chi connectivity index (χ4n) is 3.59. The van der Waals surface area contributed by atoms with E-state index < -0.39 is 5.95 Å². The van der Waals surface area contributed by atoms with Gasteiger partial charge < -0.3 is 15.4 Å². The molecule has 1 amide bonds. The SMILES string of the molecule is O=C(Cc1ccc(-c2ccc(OCCN3CCNCC3)nc2F)cc1)NCc1ccncn1. The maximum Gasteiger partial charge on any atom is 0.224 e. The van der Waals surface area contributed by atoms with Gasteiger partial charge in [0.1, 0.15) is 12.9 Å². The summed E-state index contributed by atoms with van der Waals surface area (Å²) in [5, 5.41) is 6.14. The standard InChI is InChI=1S/C24H27FN6O2/c25-24-21(5-6-23(30-24)33-14-13-31-11-9-26-10-12-31)19-3-1-18(2-4-19)15-22(32)28-16-20-7-8-27-17-29-20/h1-8,17,26H,9-16H2,(H,28,32). The number of amides is 1. The highest BCUT2D eigenvalue weighted by molar-refractivity contribution is 5.78. The molecule has 2 N–H and O–H groups in total. The Hall–Kier alpha value is -3.43. The second-order valence-corrected chi connectivity index (χ2v) is 7.78. The van der Waals surface area contributed by atoms with Crippen molar-refractivity contribution in [2.45, 2.75) is 13.0 Å². The molecule has 33 heavy (non-hydrogen) atoms. The van der Waals surface area contributed by atoms with Gasteiger partial charge >= 0.3 is 0 Å². The fraction of sp³-hybridized carbons (Fsp3) is 0.333. The first kappa shape index (κ1) is 22.8. The first-order valence-electron chi connectivity index (χ1n) is 11.0. The molecule has 172 valence electrons. The van der Waals surface area contributed by atoms with Crippen LogP contribution in [0.4, 0.5) is 4.39 Å². The van der Waals surface area contributed by atoms with Gasteiger partial charge in [-0.05, 0) is 23.3 Å². The van der Waals surface area contributed by atoms with Gasteiger partial charge in [0.25, 0.3) is 0 Å². The molecule has 4 rings (SSSR count). The minimum Gasteiger partial charge on any atom is -0.476 e. The number of ether oxygens (including phenoxy) is 1. The Balaban J connectivity index is 1.28. The maximum atomic E-state index is 14.6. The minimum absolute atomic E-state index is 0.114. The van der Waals surface area contributed by atoms with Gasteiger partial charge in [-0.2, -0.15) is 9.37 Å². The van der Waals surface area contributed by atoms with Crippen LogP contribution in [-0.2, 0) is 17.8 Å². The lowest BCUT2D eigenvalue weighted by Crippen LogP contribution is -2.44. The molecule has 0 unspecified atom stereocenters. The molecule has 9 heteroatoms. The number of halogens is 1. The van der Waals surface area contributed by atoms with E-state index in [1.54, 1.807) is 36.5 Å². The Morgan fingerprint density at radius 1 is 1.12 bits per heavy atom.